The summed E-state index contributed by atoms with van der Waals surface area (Å²) in [6.07, 6.45) is 4.48. The van der Waals surface area contributed by atoms with Crippen molar-refractivity contribution < 1.29 is 9.90 Å². The number of hydrogen-bond donors (Lipinski definition) is 2. The molecule has 1 aromatic rings. The van der Waals surface area contributed by atoms with Gasteiger partial charge in [0.15, 0.2) is 0 Å². The van der Waals surface area contributed by atoms with Crippen LogP contribution in [0.3, 0.4) is 0 Å². The summed E-state index contributed by atoms with van der Waals surface area (Å²) in [5, 5.41) is 14.4. The van der Waals surface area contributed by atoms with E-state index in [2.05, 4.69) is 15.1 Å². The van der Waals surface area contributed by atoms with Crippen LogP contribution >= 0.6 is 11.6 Å². The predicted octanol–water partition coefficient (Wildman–Crippen LogP) is 1.98. The van der Waals surface area contributed by atoms with Gasteiger partial charge in [0.05, 0.1) is 18.6 Å². The number of aryl methyl sites for hydroxylation is 1. The van der Waals surface area contributed by atoms with Crippen molar-refractivity contribution in [2.24, 2.45) is 0 Å². The predicted molar refractivity (Wildman–Crippen MR) is 107 cm³/mol. The zero-order valence-electron chi connectivity index (χ0n) is 16.0. The zero-order valence-corrected chi connectivity index (χ0v) is 16.8. The summed E-state index contributed by atoms with van der Waals surface area (Å²) >= 11 is 6.13. The molecule has 5 nitrogen and oxygen atoms in total. The van der Waals surface area contributed by atoms with Crippen LogP contribution in [0.5, 0.6) is 0 Å². The van der Waals surface area contributed by atoms with Gasteiger partial charge in [-0.2, -0.15) is 0 Å². The van der Waals surface area contributed by atoms with Gasteiger partial charge in [0.1, 0.15) is 0 Å². The maximum atomic E-state index is 13.2. The Morgan fingerprint density at radius 3 is 2.89 bits per heavy atom. The van der Waals surface area contributed by atoms with Crippen LogP contribution in [0.15, 0.2) is 18.2 Å². The Balaban J connectivity index is 1.52. The summed E-state index contributed by atoms with van der Waals surface area (Å²) in [5.74, 6) is 0.208. The van der Waals surface area contributed by atoms with E-state index in [1.54, 1.807) is 0 Å². The largest absolute Gasteiger partial charge is 0.392 e. The Hall–Kier alpha value is -1.14. The molecule has 27 heavy (non-hydrogen) atoms. The molecule has 3 aliphatic rings. The van der Waals surface area contributed by atoms with E-state index >= 15 is 0 Å². The average Bonchev–Trinajstić information content (AvgIpc) is 3.10. The second kappa shape index (κ2) is 8.08. The van der Waals surface area contributed by atoms with E-state index < -0.39 is 0 Å². The number of rotatable bonds is 3. The first kappa shape index (κ1) is 19.2. The quantitative estimate of drug-likeness (QED) is 0.827. The molecule has 4 rings (SSSR count). The average molecular weight is 392 g/mol. The topological polar surface area (TPSA) is 55.8 Å². The highest BCUT2D eigenvalue weighted by Gasteiger charge is 2.44. The summed E-state index contributed by atoms with van der Waals surface area (Å²) in [5.41, 5.74) is 2.04. The first-order chi connectivity index (χ1) is 13.0. The standard InChI is InChI=1S/C21H30ClN3O2/c1-14-11-15(5-6-17(14)22)12-20(27)25-10-8-23-18-3-2-4-19(21(18)25)24-9-7-16(26)13-24/h5-6,11,16,18-19,21,23,26H,2-4,7-10,12-13H2,1H3. The zero-order chi connectivity index (χ0) is 19.0. The number of nitrogens with zero attached hydrogens (tertiary/aromatic N) is 2. The van der Waals surface area contributed by atoms with Crippen molar-refractivity contribution in [3.05, 3.63) is 34.3 Å². The maximum absolute atomic E-state index is 13.2. The molecule has 4 atom stereocenters. The van der Waals surface area contributed by atoms with Crippen LogP contribution in [0.4, 0.5) is 0 Å². The number of aliphatic hydroxyl groups is 1. The molecule has 1 saturated carbocycles. The summed E-state index contributed by atoms with van der Waals surface area (Å²) in [6.45, 7) is 5.29. The van der Waals surface area contributed by atoms with Gasteiger partial charge in [-0.25, -0.2) is 0 Å². The minimum absolute atomic E-state index is 0.207. The van der Waals surface area contributed by atoms with E-state index in [0.29, 0.717) is 18.5 Å². The van der Waals surface area contributed by atoms with Crippen molar-refractivity contribution in [2.45, 2.75) is 63.3 Å². The molecule has 1 aliphatic carbocycles. The number of aliphatic hydroxyl groups excluding tert-OH is 1. The number of β-amino-alcohol motifs (C(OH)–C–C–N with tert-alkyl or cyclic N) is 1. The number of halogens is 1. The summed E-state index contributed by atoms with van der Waals surface area (Å²) < 4.78 is 0. The molecule has 0 spiro atoms. The molecule has 0 bridgehead atoms. The molecule has 4 unspecified atom stereocenters. The maximum Gasteiger partial charge on any atom is 0.227 e. The summed E-state index contributed by atoms with van der Waals surface area (Å²) in [6, 6.07) is 6.79. The van der Waals surface area contributed by atoms with Gasteiger partial charge < -0.3 is 15.3 Å². The first-order valence-electron chi connectivity index (χ1n) is 10.2. The second-order valence-electron chi connectivity index (χ2n) is 8.33. The molecule has 1 amide bonds. The van der Waals surface area contributed by atoms with Gasteiger partial charge in [-0.3, -0.25) is 9.69 Å². The molecule has 3 fully saturated rings. The number of hydrogen-bond acceptors (Lipinski definition) is 4. The normalized spacial score (nSPS) is 31.7. The molecule has 2 heterocycles. The number of benzene rings is 1. The number of likely N-dealkylation sites (tertiary alicyclic amines) is 1. The van der Waals surface area contributed by atoms with Gasteiger partial charge in [0.2, 0.25) is 5.91 Å². The minimum Gasteiger partial charge on any atom is -0.392 e. The van der Waals surface area contributed by atoms with Crippen molar-refractivity contribution >= 4 is 17.5 Å². The number of fused-ring (bicyclic) bond motifs is 1. The highest BCUT2D eigenvalue weighted by atomic mass is 35.5. The summed E-state index contributed by atoms with van der Waals surface area (Å²) in [7, 11) is 0. The second-order valence-corrected chi connectivity index (χ2v) is 8.74. The third kappa shape index (κ3) is 4.02. The monoisotopic (exact) mass is 391 g/mol. The van der Waals surface area contributed by atoms with Gasteiger partial charge in [-0.05, 0) is 43.4 Å². The van der Waals surface area contributed by atoms with Gasteiger partial charge >= 0.3 is 0 Å². The number of piperazine rings is 1. The lowest BCUT2D eigenvalue weighted by atomic mass is 9.82. The molecule has 2 saturated heterocycles. The van der Waals surface area contributed by atoms with Crippen molar-refractivity contribution in [1.82, 2.24) is 15.1 Å². The fraction of sp³-hybridized carbons (Fsp3) is 0.667. The van der Waals surface area contributed by atoms with Gasteiger partial charge in [-0.1, -0.05) is 30.2 Å². The SMILES string of the molecule is Cc1cc(CC(=O)N2CCNC3CCCC(N4CCC(O)C4)C32)ccc1Cl. The van der Waals surface area contributed by atoms with Crippen molar-refractivity contribution in [3.63, 3.8) is 0 Å². The van der Waals surface area contributed by atoms with E-state index in [9.17, 15) is 9.90 Å². The smallest absolute Gasteiger partial charge is 0.227 e. The Morgan fingerprint density at radius 2 is 2.15 bits per heavy atom. The molecule has 2 N–H and O–H groups in total. The third-order valence-corrected chi connectivity index (χ3v) is 6.93. The molecule has 0 radical (unpaired) electrons. The number of carbonyl (C=O) groups excluding carboxylic acids is 1. The number of amides is 1. The minimum atomic E-state index is -0.219. The molecule has 6 heteroatoms. The fourth-order valence-corrected chi connectivity index (χ4v) is 5.29. The van der Waals surface area contributed by atoms with Gasteiger partial charge in [-0.15, -0.1) is 0 Å². The van der Waals surface area contributed by atoms with Gasteiger partial charge in [0, 0.05) is 43.3 Å². The van der Waals surface area contributed by atoms with Crippen LogP contribution in [-0.4, -0.2) is 71.2 Å². The van der Waals surface area contributed by atoms with E-state index in [4.69, 9.17) is 11.6 Å². The molecule has 148 valence electrons. The first-order valence-corrected chi connectivity index (χ1v) is 10.6. The van der Waals surface area contributed by atoms with Crippen LogP contribution in [0, 0.1) is 6.92 Å². The van der Waals surface area contributed by atoms with E-state index in [0.717, 1.165) is 61.6 Å². The van der Waals surface area contributed by atoms with Gasteiger partial charge in [0.25, 0.3) is 0 Å². The Bertz CT molecular complexity index is 696. The van der Waals surface area contributed by atoms with Crippen molar-refractivity contribution in [1.29, 1.82) is 0 Å². The molecule has 1 aromatic carbocycles. The lowest BCUT2D eigenvalue weighted by Crippen LogP contribution is -2.68. The molecular formula is C21H30ClN3O2. The Labute approximate surface area is 166 Å². The van der Waals surface area contributed by atoms with E-state index in [1.807, 2.05) is 25.1 Å². The Morgan fingerprint density at radius 1 is 1.30 bits per heavy atom. The lowest BCUT2D eigenvalue weighted by molar-refractivity contribution is -0.138. The van der Waals surface area contributed by atoms with E-state index in [-0.39, 0.29) is 18.1 Å². The van der Waals surface area contributed by atoms with E-state index in [1.165, 1.54) is 6.42 Å². The highest BCUT2D eigenvalue weighted by Crippen LogP contribution is 2.32. The van der Waals surface area contributed by atoms with Crippen LogP contribution in [0.1, 0.15) is 36.8 Å². The van der Waals surface area contributed by atoms with Crippen LogP contribution in [-0.2, 0) is 11.2 Å². The molecular weight excluding hydrogens is 362 g/mol. The molecule has 2 aliphatic heterocycles. The lowest BCUT2D eigenvalue weighted by Gasteiger charge is -2.51. The number of nitrogens with one attached hydrogen (secondary N) is 1. The van der Waals surface area contributed by atoms with Crippen LogP contribution in [0.2, 0.25) is 5.02 Å². The third-order valence-electron chi connectivity index (χ3n) is 6.50. The fourth-order valence-electron chi connectivity index (χ4n) is 5.18. The van der Waals surface area contributed by atoms with Crippen molar-refractivity contribution in [2.75, 3.05) is 26.2 Å². The summed E-state index contributed by atoms with van der Waals surface area (Å²) in [4.78, 5) is 17.8. The Kier molecular flexibility index (Phi) is 5.74. The highest BCUT2D eigenvalue weighted by molar-refractivity contribution is 6.31. The van der Waals surface area contributed by atoms with Crippen molar-refractivity contribution in [3.8, 4) is 0 Å². The van der Waals surface area contributed by atoms with Crippen LogP contribution < -0.4 is 5.32 Å². The van der Waals surface area contributed by atoms with Crippen LogP contribution in [0.25, 0.3) is 0 Å². The number of carbonyl (C=O) groups is 1. The molecule has 0 aromatic heterocycles.